The normalized spacial score (nSPS) is 12.6. The molecule has 1 rings (SSSR count). The highest BCUT2D eigenvalue weighted by molar-refractivity contribution is 6.60. The topological polar surface area (TPSA) is 84.6 Å². The molecule has 1 aromatic heterocycles. The molecule has 2 N–H and O–H groups in total. The number of carbonyl (C=O) groups is 1. The van der Waals surface area contributed by atoms with Crippen molar-refractivity contribution in [3.63, 3.8) is 0 Å². The van der Waals surface area contributed by atoms with E-state index >= 15 is 0 Å². The zero-order valence-electron chi connectivity index (χ0n) is 11.3. The summed E-state index contributed by atoms with van der Waals surface area (Å²) in [5.41, 5.74) is -1.71. The number of hydrogen-bond acceptors (Lipinski definition) is 5. The third-order valence-corrected chi connectivity index (χ3v) is 3.09. The third kappa shape index (κ3) is 3.19. The Bertz CT molecular complexity index is 436. The van der Waals surface area contributed by atoms with Crippen LogP contribution in [-0.4, -0.2) is 44.1 Å². The number of aromatic nitrogens is 2. The molecule has 0 unspecified atom stereocenters. The van der Waals surface area contributed by atoms with E-state index in [9.17, 15) is 14.9 Å². The Labute approximate surface area is 107 Å². The smallest absolute Gasteiger partial charge is 0.423 e. The van der Waals surface area contributed by atoms with Crippen molar-refractivity contribution in [1.29, 1.82) is 0 Å². The quantitative estimate of drug-likeness (QED) is 0.726. The molecule has 18 heavy (non-hydrogen) atoms. The van der Waals surface area contributed by atoms with Gasteiger partial charge in [-0.2, -0.15) is 5.10 Å². The molecular weight excluding hydrogens is 235 g/mol. The fraction of sp³-hybridized carbons (Fsp3) is 0.636. The first-order chi connectivity index (χ1) is 8.04. The van der Waals surface area contributed by atoms with Gasteiger partial charge in [-0.15, -0.1) is 0 Å². The maximum absolute atomic E-state index is 11.1. The van der Waals surface area contributed by atoms with Crippen LogP contribution in [0.3, 0.4) is 0 Å². The summed E-state index contributed by atoms with van der Waals surface area (Å²) in [5, 5.41) is 23.6. The molecule has 0 bridgehead atoms. The van der Waals surface area contributed by atoms with Crippen molar-refractivity contribution in [1.82, 2.24) is 9.78 Å². The Kier molecular flexibility index (Phi) is 4.00. The van der Waals surface area contributed by atoms with Crippen molar-refractivity contribution in [2.24, 2.45) is 0 Å². The van der Waals surface area contributed by atoms with E-state index in [0.29, 0.717) is 5.46 Å². The fourth-order valence-electron chi connectivity index (χ4n) is 1.13. The zero-order valence-corrected chi connectivity index (χ0v) is 11.3. The molecule has 0 fully saturated rings. The predicted molar refractivity (Wildman–Crippen MR) is 67.6 cm³/mol. The first kappa shape index (κ1) is 14.9. The van der Waals surface area contributed by atoms with E-state index in [0.717, 1.165) is 4.68 Å². The van der Waals surface area contributed by atoms with Crippen LogP contribution in [0.15, 0.2) is 12.4 Å². The van der Waals surface area contributed by atoms with Gasteiger partial charge in [-0.1, -0.05) is 0 Å². The molecule has 100 valence electrons. The summed E-state index contributed by atoms with van der Waals surface area (Å²) in [5.74, 6) is -0.254. The fourth-order valence-corrected chi connectivity index (χ4v) is 1.13. The lowest BCUT2D eigenvalue weighted by Crippen LogP contribution is -2.53. The summed E-state index contributed by atoms with van der Waals surface area (Å²) < 4.78 is 6.53. The molecule has 0 amide bonds. The lowest BCUT2D eigenvalue weighted by molar-refractivity contribution is -0.0982. The van der Waals surface area contributed by atoms with Gasteiger partial charge in [0.15, 0.2) is 0 Å². The minimum atomic E-state index is -1.25. The highest BCUT2D eigenvalue weighted by Crippen LogP contribution is 2.25. The average molecular weight is 254 g/mol. The van der Waals surface area contributed by atoms with Gasteiger partial charge in [-0.25, -0.2) is 4.68 Å². The van der Waals surface area contributed by atoms with Crippen LogP contribution in [0.5, 0.6) is 0 Å². The summed E-state index contributed by atoms with van der Waals surface area (Å²) in [6.45, 7) is 7.90. The third-order valence-electron chi connectivity index (χ3n) is 3.09. The van der Waals surface area contributed by atoms with Gasteiger partial charge in [-0.05, 0) is 27.7 Å². The standard InChI is InChI=1S/C11H19BN2O4/c1-8(15)14-7-9(6-13-14)12(17)18-11(4,5)10(2,3)16/h6-7,16-17H,1-5H3. The highest BCUT2D eigenvalue weighted by atomic mass is 16.5. The Balaban J connectivity index is 2.82. The largest absolute Gasteiger partial charge is 0.494 e. The molecule has 0 atom stereocenters. The molecule has 0 aromatic carbocycles. The van der Waals surface area contributed by atoms with Gasteiger partial charge >= 0.3 is 7.12 Å². The Morgan fingerprint density at radius 3 is 2.39 bits per heavy atom. The lowest BCUT2D eigenvalue weighted by Gasteiger charge is -2.38. The van der Waals surface area contributed by atoms with E-state index in [1.807, 2.05) is 0 Å². The molecule has 0 saturated heterocycles. The Morgan fingerprint density at radius 1 is 1.44 bits per heavy atom. The SMILES string of the molecule is CC(=O)n1cc(B(O)OC(C)(C)C(C)(C)O)cn1. The zero-order chi connectivity index (χ0) is 14.1. The van der Waals surface area contributed by atoms with Gasteiger partial charge < -0.3 is 14.8 Å². The van der Waals surface area contributed by atoms with E-state index < -0.39 is 18.3 Å². The summed E-state index contributed by atoms with van der Waals surface area (Å²) >= 11 is 0. The van der Waals surface area contributed by atoms with Crippen LogP contribution < -0.4 is 5.46 Å². The summed E-state index contributed by atoms with van der Waals surface area (Å²) in [7, 11) is -1.25. The van der Waals surface area contributed by atoms with Crippen molar-refractivity contribution in [3.8, 4) is 0 Å². The summed E-state index contributed by atoms with van der Waals surface area (Å²) in [6.07, 6.45) is 2.75. The predicted octanol–water partition coefficient (Wildman–Crippen LogP) is -0.203. The first-order valence-electron chi connectivity index (χ1n) is 5.68. The van der Waals surface area contributed by atoms with Gasteiger partial charge in [0.1, 0.15) is 0 Å². The molecule has 0 aliphatic carbocycles. The second-order valence-corrected chi connectivity index (χ2v) is 5.28. The monoisotopic (exact) mass is 254 g/mol. The van der Waals surface area contributed by atoms with E-state index in [1.54, 1.807) is 27.7 Å². The van der Waals surface area contributed by atoms with Crippen LogP contribution in [0, 0.1) is 0 Å². The van der Waals surface area contributed by atoms with Crippen molar-refractivity contribution in [2.75, 3.05) is 0 Å². The van der Waals surface area contributed by atoms with Crippen LogP contribution in [0.1, 0.15) is 39.4 Å². The van der Waals surface area contributed by atoms with E-state index in [2.05, 4.69) is 5.10 Å². The summed E-state index contributed by atoms with van der Waals surface area (Å²) in [6, 6.07) is 0. The average Bonchev–Trinajstić information content (AvgIpc) is 2.63. The molecule has 1 aromatic rings. The van der Waals surface area contributed by atoms with Crippen molar-refractivity contribution in [2.45, 2.75) is 45.8 Å². The molecule has 0 saturated carbocycles. The number of carbonyl (C=O) groups excluding carboxylic acids is 1. The molecule has 0 aliphatic heterocycles. The van der Waals surface area contributed by atoms with Gasteiger partial charge in [0, 0.05) is 24.8 Å². The van der Waals surface area contributed by atoms with E-state index in [4.69, 9.17) is 4.65 Å². The number of hydrogen-bond donors (Lipinski definition) is 2. The molecule has 1 heterocycles. The molecular formula is C11H19BN2O4. The minimum Gasteiger partial charge on any atom is -0.423 e. The van der Waals surface area contributed by atoms with Gasteiger partial charge in [0.2, 0.25) is 5.91 Å². The summed E-state index contributed by atoms with van der Waals surface area (Å²) in [4.78, 5) is 11.1. The maximum atomic E-state index is 11.1. The van der Waals surface area contributed by atoms with Crippen molar-refractivity contribution < 1.29 is 19.6 Å². The second kappa shape index (κ2) is 4.83. The van der Waals surface area contributed by atoms with Crippen molar-refractivity contribution in [3.05, 3.63) is 12.4 Å². The second-order valence-electron chi connectivity index (χ2n) is 5.28. The Morgan fingerprint density at radius 2 is 2.00 bits per heavy atom. The number of aliphatic hydroxyl groups is 1. The highest BCUT2D eigenvalue weighted by Gasteiger charge is 2.39. The van der Waals surface area contributed by atoms with Crippen LogP contribution in [0.4, 0.5) is 0 Å². The van der Waals surface area contributed by atoms with Crippen LogP contribution in [0.2, 0.25) is 0 Å². The number of nitrogens with zero attached hydrogens (tertiary/aromatic N) is 2. The molecule has 0 aliphatic rings. The van der Waals surface area contributed by atoms with Gasteiger partial charge in [0.25, 0.3) is 0 Å². The van der Waals surface area contributed by atoms with Crippen LogP contribution >= 0.6 is 0 Å². The first-order valence-corrected chi connectivity index (χ1v) is 5.68. The van der Waals surface area contributed by atoms with Crippen LogP contribution in [-0.2, 0) is 4.65 Å². The van der Waals surface area contributed by atoms with Gasteiger partial charge in [0.05, 0.1) is 11.2 Å². The molecule has 0 spiro atoms. The van der Waals surface area contributed by atoms with E-state index in [-0.39, 0.29) is 5.91 Å². The van der Waals surface area contributed by atoms with E-state index in [1.165, 1.54) is 19.3 Å². The maximum Gasteiger partial charge on any atom is 0.494 e. The molecule has 0 radical (unpaired) electrons. The Hall–Kier alpha value is -1.18. The van der Waals surface area contributed by atoms with Gasteiger partial charge in [-0.3, -0.25) is 4.79 Å². The van der Waals surface area contributed by atoms with Crippen LogP contribution in [0.25, 0.3) is 0 Å². The molecule has 6 nitrogen and oxygen atoms in total. The number of rotatable bonds is 4. The minimum absolute atomic E-state index is 0.254. The van der Waals surface area contributed by atoms with Crippen molar-refractivity contribution >= 4 is 18.5 Å². The lowest BCUT2D eigenvalue weighted by atomic mass is 9.78. The molecule has 7 heteroatoms.